The molecule has 4 rings (SSSR count). The maximum atomic E-state index is 13.0. The summed E-state index contributed by atoms with van der Waals surface area (Å²) < 4.78 is 6.16. The molecular weight excluding hydrogens is 326 g/mol. The van der Waals surface area contributed by atoms with Crippen molar-refractivity contribution in [2.24, 2.45) is 0 Å². The number of carbonyl (C=O) groups excluding carboxylic acids is 1. The molecule has 0 saturated carbocycles. The molecule has 132 valence electrons. The van der Waals surface area contributed by atoms with Crippen molar-refractivity contribution < 1.29 is 9.21 Å². The number of para-hydroxylation sites is 1. The van der Waals surface area contributed by atoms with E-state index < -0.39 is 0 Å². The second kappa shape index (κ2) is 6.79. The molecule has 0 spiro atoms. The summed E-state index contributed by atoms with van der Waals surface area (Å²) in [5.74, 6) is 0.475. The van der Waals surface area contributed by atoms with E-state index in [1.165, 1.54) is 0 Å². The fourth-order valence-electron chi connectivity index (χ4n) is 3.61. The van der Waals surface area contributed by atoms with Gasteiger partial charge in [-0.1, -0.05) is 36.4 Å². The second-order valence-corrected chi connectivity index (χ2v) is 6.79. The number of nitrogens with zero attached hydrogens (tertiary/aromatic N) is 1. The molecule has 0 radical (unpaired) electrons. The Morgan fingerprint density at radius 1 is 0.962 bits per heavy atom. The van der Waals surface area contributed by atoms with Crippen molar-refractivity contribution in [3.63, 3.8) is 0 Å². The standard InChI is InChI=1S/C22H21NO3/c1-15-19(24)17-11-8-12-18(22(25)23-13-6-3-7-14-23)21(17)26-20(15)16-9-4-2-5-10-16/h2,4-5,8-12H,3,6-7,13-14H2,1H3. The van der Waals surface area contributed by atoms with E-state index in [4.69, 9.17) is 4.42 Å². The van der Waals surface area contributed by atoms with Gasteiger partial charge in [-0.3, -0.25) is 9.59 Å². The van der Waals surface area contributed by atoms with Gasteiger partial charge in [0, 0.05) is 24.2 Å². The van der Waals surface area contributed by atoms with Gasteiger partial charge in [-0.2, -0.15) is 0 Å². The topological polar surface area (TPSA) is 50.5 Å². The van der Waals surface area contributed by atoms with Crippen molar-refractivity contribution in [3.05, 3.63) is 69.9 Å². The minimum Gasteiger partial charge on any atom is -0.455 e. The lowest BCUT2D eigenvalue weighted by Gasteiger charge is -2.27. The lowest BCUT2D eigenvalue weighted by atomic mass is 10.0. The number of likely N-dealkylation sites (tertiary alicyclic amines) is 1. The Labute approximate surface area is 152 Å². The highest BCUT2D eigenvalue weighted by Gasteiger charge is 2.23. The molecule has 4 nitrogen and oxygen atoms in total. The maximum absolute atomic E-state index is 13.0. The van der Waals surface area contributed by atoms with Crippen LogP contribution in [0.5, 0.6) is 0 Å². The predicted octanol–water partition coefficient (Wildman–Crippen LogP) is 4.39. The van der Waals surface area contributed by atoms with Crippen LogP contribution >= 0.6 is 0 Å². The molecule has 26 heavy (non-hydrogen) atoms. The molecule has 0 atom stereocenters. The highest BCUT2D eigenvalue weighted by molar-refractivity contribution is 6.05. The third-order valence-corrected chi connectivity index (χ3v) is 5.05. The lowest BCUT2D eigenvalue weighted by molar-refractivity contribution is 0.0725. The summed E-state index contributed by atoms with van der Waals surface area (Å²) in [5, 5.41) is 0.463. The first-order chi connectivity index (χ1) is 12.7. The van der Waals surface area contributed by atoms with Gasteiger partial charge < -0.3 is 9.32 Å². The van der Waals surface area contributed by atoms with E-state index in [0.29, 0.717) is 27.9 Å². The molecular formula is C22H21NO3. The Balaban J connectivity index is 1.91. The van der Waals surface area contributed by atoms with Gasteiger partial charge in [-0.15, -0.1) is 0 Å². The molecule has 3 aromatic rings. The van der Waals surface area contributed by atoms with Gasteiger partial charge in [0.15, 0.2) is 11.0 Å². The van der Waals surface area contributed by atoms with Gasteiger partial charge in [0.2, 0.25) is 0 Å². The van der Waals surface area contributed by atoms with Crippen LogP contribution in [0.25, 0.3) is 22.3 Å². The molecule has 2 aromatic carbocycles. The first kappa shape index (κ1) is 16.6. The maximum Gasteiger partial charge on any atom is 0.257 e. The zero-order valence-corrected chi connectivity index (χ0v) is 14.8. The number of hydrogen-bond acceptors (Lipinski definition) is 3. The van der Waals surface area contributed by atoms with Crippen LogP contribution in [0.1, 0.15) is 35.2 Å². The number of amides is 1. The van der Waals surface area contributed by atoms with Crippen molar-refractivity contribution in [1.29, 1.82) is 0 Å². The molecule has 1 amide bonds. The van der Waals surface area contributed by atoms with Gasteiger partial charge >= 0.3 is 0 Å². The molecule has 1 fully saturated rings. The largest absolute Gasteiger partial charge is 0.455 e. The highest BCUT2D eigenvalue weighted by atomic mass is 16.3. The van der Waals surface area contributed by atoms with E-state index in [0.717, 1.165) is 37.9 Å². The van der Waals surface area contributed by atoms with Crippen molar-refractivity contribution in [1.82, 2.24) is 4.90 Å². The SMILES string of the molecule is Cc1c(-c2ccccc2)oc2c(C(=O)N3CCCCC3)cccc2c1=O. The number of piperidine rings is 1. The number of rotatable bonds is 2. The van der Waals surface area contributed by atoms with E-state index in [1.807, 2.05) is 35.2 Å². The van der Waals surface area contributed by atoms with Crippen molar-refractivity contribution >= 4 is 16.9 Å². The van der Waals surface area contributed by atoms with E-state index in [1.54, 1.807) is 25.1 Å². The Bertz CT molecular complexity index is 1010. The fraction of sp³-hybridized carbons (Fsp3) is 0.273. The van der Waals surface area contributed by atoms with E-state index in [-0.39, 0.29) is 11.3 Å². The first-order valence-electron chi connectivity index (χ1n) is 9.08. The molecule has 0 N–H and O–H groups in total. The first-order valence-corrected chi connectivity index (χ1v) is 9.08. The Morgan fingerprint density at radius 3 is 2.42 bits per heavy atom. The average molecular weight is 347 g/mol. The molecule has 4 heteroatoms. The van der Waals surface area contributed by atoms with Crippen molar-refractivity contribution in [2.45, 2.75) is 26.2 Å². The van der Waals surface area contributed by atoms with Gasteiger partial charge in [0.25, 0.3) is 5.91 Å². The number of hydrogen-bond donors (Lipinski definition) is 0. The highest BCUT2D eigenvalue weighted by Crippen LogP contribution is 2.28. The van der Waals surface area contributed by atoms with Crippen molar-refractivity contribution in [3.8, 4) is 11.3 Å². The van der Waals surface area contributed by atoms with Crippen LogP contribution in [0.15, 0.2) is 57.7 Å². The van der Waals surface area contributed by atoms with E-state index >= 15 is 0 Å². The summed E-state index contributed by atoms with van der Waals surface area (Å²) in [6.45, 7) is 3.29. The van der Waals surface area contributed by atoms with E-state index in [2.05, 4.69) is 0 Å². The Hall–Kier alpha value is -2.88. The number of carbonyl (C=O) groups is 1. The average Bonchev–Trinajstić information content (AvgIpc) is 2.71. The molecule has 2 heterocycles. The molecule has 1 saturated heterocycles. The molecule has 0 aliphatic carbocycles. The van der Waals surface area contributed by atoms with Gasteiger partial charge in [-0.25, -0.2) is 0 Å². The smallest absolute Gasteiger partial charge is 0.257 e. The van der Waals surface area contributed by atoms with Gasteiger partial charge in [-0.05, 0) is 38.3 Å². The van der Waals surface area contributed by atoms with Crippen LogP contribution in [0.4, 0.5) is 0 Å². The Morgan fingerprint density at radius 2 is 1.69 bits per heavy atom. The summed E-state index contributed by atoms with van der Waals surface area (Å²) in [6, 6.07) is 14.8. The van der Waals surface area contributed by atoms with Crippen LogP contribution in [-0.2, 0) is 0 Å². The van der Waals surface area contributed by atoms with Gasteiger partial charge in [0.1, 0.15) is 5.76 Å². The summed E-state index contributed by atoms with van der Waals surface area (Å²) in [7, 11) is 0. The van der Waals surface area contributed by atoms with Gasteiger partial charge in [0.05, 0.1) is 10.9 Å². The number of fused-ring (bicyclic) bond motifs is 1. The lowest BCUT2D eigenvalue weighted by Crippen LogP contribution is -2.35. The third kappa shape index (κ3) is 2.81. The van der Waals surface area contributed by atoms with Crippen LogP contribution in [0.3, 0.4) is 0 Å². The van der Waals surface area contributed by atoms with Crippen LogP contribution in [0, 0.1) is 6.92 Å². The monoisotopic (exact) mass is 347 g/mol. The zero-order valence-electron chi connectivity index (χ0n) is 14.8. The van der Waals surface area contributed by atoms with E-state index in [9.17, 15) is 9.59 Å². The van der Waals surface area contributed by atoms with Crippen molar-refractivity contribution in [2.75, 3.05) is 13.1 Å². The Kier molecular flexibility index (Phi) is 4.33. The molecule has 1 aromatic heterocycles. The third-order valence-electron chi connectivity index (χ3n) is 5.05. The molecule has 1 aliphatic rings. The fourth-order valence-corrected chi connectivity index (χ4v) is 3.61. The zero-order chi connectivity index (χ0) is 18.1. The minimum absolute atomic E-state index is 0.0543. The number of benzene rings is 2. The molecule has 1 aliphatic heterocycles. The summed E-state index contributed by atoms with van der Waals surface area (Å²) in [6.07, 6.45) is 3.20. The summed E-state index contributed by atoms with van der Waals surface area (Å²) in [5.41, 5.74) is 2.17. The molecule has 0 bridgehead atoms. The minimum atomic E-state index is -0.0848. The van der Waals surface area contributed by atoms with Crippen LogP contribution in [-0.4, -0.2) is 23.9 Å². The van der Waals surface area contributed by atoms with Crippen LogP contribution < -0.4 is 5.43 Å². The second-order valence-electron chi connectivity index (χ2n) is 6.79. The summed E-state index contributed by atoms with van der Waals surface area (Å²) >= 11 is 0. The molecule has 0 unspecified atom stereocenters. The quantitative estimate of drug-likeness (QED) is 0.690. The predicted molar refractivity (Wildman–Crippen MR) is 102 cm³/mol. The summed E-state index contributed by atoms with van der Waals surface area (Å²) in [4.78, 5) is 27.8. The van der Waals surface area contributed by atoms with Crippen LogP contribution in [0.2, 0.25) is 0 Å². The normalized spacial score (nSPS) is 14.6.